The SMILES string of the molecule is CC(=O)Nc1ccc(NC(=O)c2cnn3c(-c4ccc(C)cc4)ccnc23)cc1. The van der Waals surface area contributed by atoms with E-state index in [1.807, 2.05) is 37.3 Å². The second-order valence-electron chi connectivity index (χ2n) is 6.70. The fourth-order valence-electron chi connectivity index (χ4n) is 3.03. The number of hydrogen-bond donors (Lipinski definition) is 2. The van der Waals surface area contributed by atoms with Gasteiger partial charge in [0, 0.05) is 30.1 Å². The number of fused-ring (bicyclic) bond motifs is 1. The molecule has 2 aromatic carbocycles. The van der Waals surface area contributed by atoms with Gasteiger partial charge in [-0.05, 0) is 37.3 Å². The lowest BCUT2D eigenvalue weighted by molar-refractivity contribution is -0.114. The largest absolute Gasteiger partial charge is 0.326 e. The number of aryl methyl sites for hydroxylation is 1. The molecule has 0 radical (unpaired) electrons. The number of aromatic nitrogens is 3. The number of nitrogens with one attached hydrogen (secondary N) is 2. The van der Waals surface area contributed by atoms with Gasteiger partial charge in [-0.3, -0.25) is 9.59 Å². The van der Waals surface area contributed by atoms with Gasteiger partial charge in [-0.2, -0.15) is 5.10 Å². The molecular weight excluding hydrogens is 366 g/mol. The van der Waals surface area contributed by atoms with Crippen LogP contribution in [0.2, 0.25) is 0 Å². The molecule has 0 aliphatic rings. The molecule has 144 valence electrons. The number of rotatable bonds is 4. The zero-order valence-corrected chi connectivity index (χ0v) is 16.0. The summed E-state index contributed by atoms with van der Waals surface area (Å²) < 4.78 is 1.67. The maximum atomic E-state index is 12.8. The fraction of sp³-hybridized carbons (Fsp3) is 0.0909. The highest BCUT2D eigenvalue weighted by atomic mass is 16.2. The van der Waals surface area contributed by atoms with Crippen molar-refractivity contribution in [1.29, 1.82) is 0 Å². The van der Waals surface area contributed by atoms with Crippen LogP contribution in [0.1, 0.15) is 22.8 Å². The maximum absolute atomic E-state index is 12.8. The van der Waals surface area contributed by atoms with Crippen LogP contribution >= 0.6 is 0 Å². The Bertz CT molecular complexity index is 1190. The van der Waals surface area contributed by atoms with Gasteiger partial charge in [0.1, 0.15) is 5.56 Å². The lowest BCUT2D eigenvalue weighted by Gasteiger charge is -2.07. The minimum Gasteiger partial charge on any atom is -0.326 e. The van der Waals surface area contributed by atoms with Gasteiger partial charge in [0.05, 0.1) is 11.9 Å². The Morgan fingerprint density at radius 3 is 2.21 bits per heavy atom. The summed E-state index contributed by atoms with van der Waals surface area (Å²) in [6, 6.07) is 16.9. The third-order valence-corrected chi connectivity index (χ3v) is 4.46. The molecule has 2 heterocycles. The molecule has 2 aromatic heterocycles. The molecule has 0 spiro atoms. The molecule has 0 unspecified atom stereocenters. The summed E-state index contributed by atoms with van der Waals surface area (Å²) in [5.74, 6) is -0.454. The molecule has 7 heteroatoms. The summed E-state index contributed by atoms with van der Waals surface area (Å²) >= 11 is 0. The van der Waals surface area contributed by atoms with Gasteiger partial charge >= 0.3 is 0 Å². The van der Waals surface area contributed by atoms with E-state index in [2.05, 4.69) is 20.7 Å². The molecule has 0 aliphatic carbocycles. The Kier molecular flexibility index (Phi) is 4.78. The summed E-state index contributed by atoms with van der Waals surface area (Å²) in [6.07, 6.45) is 3.19. The lowest BCUT2D eigenvalue weighted by Crippen LogP contribution is -2.12. The Balaban J connectivity index is 1.61. The van der Waals surface area contributed by atoms with Gasteiger partial charge in [0.2, 0.25) is 5.91 Å². The van der Waals surface area contributed by atoms with E-state index in [0.717, 1.165) is 11.3 Å². The van der Waals surface area contributed by atoms with Gasteiger partial charge < -0.3 is 10.6 Å². The average Bonchev–Trinajstić information content (AvgIpc) is 3.14. The van der Waals surface area contributed by atoms with Gasteiger partial charge in [-0.1, -0.05) is 29.8 Å². The molecule has 0 saturated carbocycles. The van der Waals surface area contributed by atoms with Crippen molar-refractivity contribution in [2.75, 3.05) is 10.6 Å². The van der Waals surface area contributed by atoms with Crippen molar-refractivity contribution in [3.8, 4) is 11.3 Å². The summed E-state index contributed by atoms with van der Waals surface area (Å²) in [5.41, 5.74) is 5.15. The molecular formula is C22H19N5O2. The lowest BCUT2D eigenvalue weighted by atomic mass is 10.1. The quantitative estimate of drug-likeness (QED) is 0.557. The van der Waals surface area contributed by atoms with Crippen LogP contribution in [0, 0.1) is 6.92 Å². The molecule has 0 atom stereocenters. The van der Waals surface area contributed by atoms with E-state index in [4.69, 9.17) is 0 Å². The number of anilines is 2. The number of carbonyl (C=O) groups is 2. The zero-order valence-electron chi connectivity index (χ0n) is 16.0. The predicted octanol–water partition coefficient (Wildman–Crippen LogP) is 3.92. The molecule has 0 fully saturated rings. The number of hydrogen-bond acceptors (Lipinski definition) is 4. The van der Waals surface area contributed by atoms with Gasteiger partial charge in [-0.15, -0.1) is 0 Å². The van der Waals surface area contributed by atoms with Crippen LogP contribution in [0.4, 0.5) is 11.4 Å². The van der Waals surface area contributed by atoms with Gasteiger partial charge in [-0.25, -0.2) is 9.50 Å². The Morgan fingerprint density at radius 2 is 1.55 bits per heavy atom. The standard InChI is InChI=1S/C22H19N5O2/c1-14-3-5-16(6-4-14)20-11-12-23-21-19(13-24-27(20)21)22(29)26-18-9-7-17(8-10-18)25-15(2)28/h3-13H,1-2H3,(H,25,28)(H,26,29). The third-order valence-electron chi connectivity index (χ3n) is 4.46. The Morgan fingerprint density at radius 1 is 0.897 bits per heavy atom. The molecule has 4 rings (SSSR count). The van der Waals surface area contributed by atoms with Crippen LogP contribution < -0.4 is 10.6 Å². The van der Waals surface area contributed by atoms with E-state index < -0.39 is 0 Å². The molecule has 0 aliphatic heterocycles. The summed E-state index contributed by atoms with van der Waals surface area (Å²) in [7, 11) is 0. The first-order chi connectivity index (χ1) is 14.0. The molecule has 0 bridgehead atoms. The first-order valence-corrected chi connectivity index (χ1v) is 9.10. The van der Waals surface area contributed by atoms with Crippen LogP contribution in [0.15, 0.2) is 67.0 Å². The predicted molar refractivity (Wildman–Crippen MR) is 112 cm³/mol. The first kappa shape index (κ1) is 18.4. The molecule has 7 nitrogen and oxygen atoms in total. The van der Waals surface area contributed by atoms with Gasteiger partial charge in [0.15, 0.2) is 5.65 Å². The number of benzene rings is 2. The normalized spacial score (nSPS) is 10.7. The minimum absolute atomic E-state index is 0.149. The van der Waals surface area contributed by atoms with Crippen LogP contribution in [0.5, 0.6) is 0 Å². The van der Waals surface area contributed by atoms with Crippen molar-refractivity contribution in [2.24, 2.45) is 0 Å². The van der Waals surface area contributed by atoms with Crippen LogP contribution in [0.3, 0.4) is 0 Å². The van der Waals surface area contributed by atoms with Crippen molar-refractivity contribution in [3.05, 3.63) is 78.1 Å². The van der Waals surface area contributed by atoms with Crippen LogP contribution in [-0.2, 0) is 4.79 Å². The highest BCUT2D eigenvalue weighted by Gasteiger charge is 2.16. The van der Waals surface area contributed by atoms with E-state index >= 15 is 0 Å². The van der Waals surface area contributed by atoms with Crippen molar-refractivity contribution >= 4 is 28.8 Å². The van der Waals surface area contributed by atoms with E-state index in [-0.39, 0.29) is 11.8 Å². The van der Waals surface area contributed by atoms with E-state index in [9.17, 15) is 9.59 Å². The van der Waals surface area contributed by atoms with Crippen LogP contribution in [0.25, 0.3) is 16.9 Å². The second-order valence-corrected chi connectivity index (χ2v) is 6.70. The monoisotopic (exact) mass is 385 g/mol. The summed E-state index contributed by atoms with van der Waals surface area (Å²) in [4.78, 5) is 28.2. The van der Waals surface area contributed by atoms with Crippen molar-refractivity contribution in [2.45, 2.75) is 13.8 Å². The minimum atomic E-state index is -0.305. The zero-order chi connectivity index (χ0) is 20.4. The second kappa shape index (κ2) is 7.55. The number of carbonyl (C=O) groups excluding carboxylic acids is 2. The molecule has 4 aromatic rings. The maximum Gasteiger partial charge on any atom is 0.261 e. The van der Waals surface area contributed by atoms with Crippen molar-refractivity contribution in [3.63, 3.8) is 0 Å². The molecule has 2 N–H and O–H groups in total. The Hall–Kier alpha value is -4.00. The van der Waals surface area contributed by atoms with E-state index in [1.54, 1.807) is 35.0 Å². The topological polar surface area (TPSA) is 88.4 Å². The summed E-state index contributed by atoms with van der Waals surface area (Å²) in [5, 5.41) is 9.90. The summed E-state index contributed by atoms with van der Waals surface area (Å²) in [6.45, 7) is 3.48. The average molecular weight is 385 g/mol. The molecule has 0 saturated heterocycles. The highest BCUT2D eigenvalue weighted by molar-refractivity contribution is 6.08. The van der Waals surface area contributed by atoms with Gasteiger partial charge in [0.25, 0.3) is 5.91 Å². The Labute approximate surface area is 167 Å². The fourth-order valence-corrected chi connectivity index (χ4v) is 3.03. The highest BCUT2D eigenvalue weighted by Crippen LogP contribution is 2.22. The van der Waals surface area contributed by atoms with Crippen LogP contribution in [-0.4, -0.2) is 26.4 Å². The number of nitrogens with zero attached hydrogens (tertiary/aromatic N) is 3. The van der Waals surface area contributed by atoms with E-state index in [0.29, 0.717) is 22.6 Å². The van der Waals surface area contributed by atoms with E-state index in [1.165, 1.54) is 18.7 Å². The first-order valence-electron chi connectivity index (χ1n) is 9.10. The number of amides is 2. The molecule has 2 amide bonds. The van der Waals surface area contributed by atoms with Crippen molar-refractivity contribution < 1.29 is 9.59 Å². The molecule has 29 heavy (non-hydrogen) atoms. The van der Waals surface area contributed by atoms with Crippen molar-refractivity contribution in [1.82, 2.24) is 14.6 Å². The smallest absolute Gasteiger partial charge is 0.261 e. The third kappa shape index (κ3) is 3.84.